The molecular weight excluding hydrogens is 371 g/mol. The van der Waals surface area contributed by atoms with Crippen LogP contribution in [0, 0.1) is 12.7 Å². The number of hydrogen-bond donors (Lipinski definition) is 0. The first kappa shape index (κ1) is 18.1. The molecule has 1 aromatic heterocycles. The van der Waals surface area contributed by atoms with Gasteiger partial charge in [-0.3, -0.25) is 4.79 Å². The summed E-state index contributed by atoms with van der Waals surface area (Å²) < 4.78 is 19.2. The number of halogens is 2. The van der Waals surface area contributed by atoms with Crippen molar-refractivity contribution >= 4 is 29.1 Å². The third-order valence-corrected chi connectivity index (χ3v) is 5.31. The summed E-state index contributed by atoms with van der Waals surface area (Å²) in [6.07, 6.45) is 3.06. The Labute approximate surface area is 161 Å². The van der Waals surface area contributed by atoms with Crippen LogP contribution in [0.25, 0.3) is 0 Å². The second kappa shape index (κ2) is 7.40. The molecule has 0 bridgehead atoms. The molecule has 1 fully saturated rings. The first-order chi connectivity index (χ1) is 13.0. The van der Waals surface area contributed by atoms with Gasteiger partial charge in [-0.05, 0) is 37.5 Å². The van der Waals surface area contributed by atoms with Crippen molar-refractivity contribution in [2.24, 2.45) is 0 Å². The van der Waals surface area contributed by atoms with Crippen LogP contribution in [-0.2, 0) is 11.2 Å². The Balaban J connectivity index is 1.64. The number of benzene rings is 1. The number of anilines is 2. The Morgan fingerprint density at radius 1 is 1.26 bits per heavy atom. The smallest absolute Gasteiger partial charge is 0.261 e. The van der Waals surface area contributed by atoms with Crippen LogP contribution in [0.3, 0.4) is 0 Å². The summed E-state index contributed by atoms with van der Waals surface area (Å²) in [5, 5.41) is 0.359. The van der Waals surface area contributed by atoms with Gasteiger partial charge in [0.1, 0.15) is 5.82 Å². The average Bonchev–Trinajstić information content (AvgIpc) is 2.67. The van der Waals surface area contributed by atoms with Crippen LogP contribution < -0.4 is 9.80 Å². The lowest BCUT2D eigenvalue weighted by Crippen LogP contribution is -2.38. The third-order valence-electron chi connectivity index (χ3n) is 4.97. The van der Waals surface area contributed by atoms with Crippen LogP contribution in [0.2, 0.25) is 5.02 Å². The maximum Gasteiger partial charge on any atom is 0.261 e. The van der Waals surface area contributed by atoms with E-state index in [4.69, 9.17) is 16.3 Å². The number of carbonyl (C=O) groups excluding carboxylic acids is 1. The topological polar surface area (TPSA) is 58.6 Å². The highest BCUT2D eigenvalue weighted by Crippen LogP contribution is 2.34. The van der Waals surface area contributed by atoms with E-state index in [2.05, 4.69) is 9.97 Å². The molecule has 142 valence electrons. The minimum atomic E-state index is -0.450. The molecule has 1 saturated heterocycles. The maximum absolute atomic E-state index is 13.9. The molecule has 8 heteroatoms. The number of nitrogens with zero attached hydrogens (tertiary/aromatic N) is 4. The zero-order chi connectivity index (χ0) is 19.0. The molecular formula is C19H20ClFN4O2. The number of carbonyl (C=O) groups is 1. The van der Waals surface area contributed by atoms with Gasteiger partial charge in [-0.2, -0.15) is 0 Å². The largest absolute Gasteiger partial charge is 0.378 e. The van der Waals surface area contributed by atoms with Gasteiger partial charge in [0.15, 0.2) is 0 Å². The van der Waals surface area contributed by atoms with Gasteiger partial charge in [-0.25, -0.2) is 14.4 Å². The fourth-order valence-corrected chi connectivity index (χ4v) is 3.84. The first-order valence-electron chi connectivity index (χ1n) is 9.00. The van der Waals surface area contributed by atoms with E-state index in [0.717, 1.165) is 31.5 Å². The number of rotatable bonds is 2. The fraction of sp³-hybridized carbons (Fsp3) is 0.421. The van der Waals surface area contributed by atoms with Crippen LogP contribution in [0.1, 0.15) is 28.0 Å². The van der Waals surface area contributed by atoms with Gasteiger partial charge in [0, 0.05) is 30.9 Å². The molecule has 4 rings (SSSR count). The number of aryl methyl sites for hydroxylation is 1. The molecule has 2 aliphatic heterocycles. The standard InChI is InChI=1S/C19H20ClFN4O2/c1-12-15(11-22-19(23-12)24-5-7-27-8-6-24)18(26)25-4-2-3-14-16(20)9-13(21)10-17(14)25/h9-11H,2-8H2,1H3. The van der Waals surface area contributed by atoms with Crippen molar-refractivity contribution in [2.45, 2.75) is 19.8 Å². The Morgan fingerprint density at radius 2 is 2.04 bits per heavy atom. The molecule has 27 heavy (non-hydrogen) atoms. The number of ether oxygens (including phenoxy) is 1. The number of aromatic nitrogens is 2. The summed E-state index contributed by atoms with van der Waals surface area (Å²) in [6, 6.07) is 2.66. The average molecular weight is 391 g/mol. The summed E-state index contributed by atoms with van der Waals surface area (Å²) in [7, 11) is 0. The second-order valence-electron chi connectivity index (χ2n) is 6.71. The zero-order valence-electron chi connectivity index (χ0n) is 15.0. The van der Waals surface area contributed by atoms with Crippen molar-refractivity contribution in [1.82, 2.24) is 9.97 Å². The highest BCUT2D eigenvalue weighted by molar-refractivity contribution is 6.32. The normalized spacial score (nSPS) is 17.0. The highest BCUT2D eigenvalue weighted by Gasteiger charge is 2.28. The molecule has 0 radical (unpaired) electrons. The van der Waals surface area contributed by atoms with Crippen molar-refractivity contribution in [3.05, 3.63) is 46.0 Å². The van der Waals surface area contributed by atoms with Gasteiger partial charge < -0.3 is 14.5 Å². The van der Waals surface area contributed by atoms with Gasteiger partial charge in [0.05, 0.1) is 30.2 Å². The number of morpholine rings is 1. The predicted molar refractivity (Wildman–Crippen MR) is 101 cm³/mol. The third kappa shape index (κ3) is 3.49. The minimum Gasteiger partial charge on any atom is -0.378 e. The van der Waals surface area contributed by atoms with E-state index in [0.29, 0.717) is 47.7 Å². The van der Waals surface area contributed by atoms with Gasteiger partial charge in [-0.1, -0.05) is 11.6 Å². The molecule has 3 heterocycles. The minimum absolute atomic E-state index is 0.233. The molecule has 0 spiro atoms. The first-order valence-corrected chi connectivity index (χ1v) is 9.38. The lowest BCUT2D eigenvalue weighted by atomic mass is 10.0. The molecule has 2 aromatic rings. The van der Waals surface area contributed by atoms with Gasteiger partial charge in [0.2, 0.25) is 5.95 Å². The molecule has 0 aliphatic carbocycles. The van der Waals surface area contributed by atoms with Crippen LogP contribution in [0.15, 0.2) is 18.3 Å². The van der Waals surface area contributed by atoms with Crippen molar-refractivity contribution in [1.29, 1.82) is 0 Å². The number of hydrogen-bond acceptors (Lipinski definition) is 5. The summed E-state index contributed by atoms with van der Waals surface area (Å²) in [5.41, 5.74) is 2.36. The molecule has 2 aliphatic rings. The van der Waals surface area contributed by atoms with Crippen molar-refractivity contribution in [3.63, 3.8) is 0 Å². The van der Waals surface area contributed by atoms with Crippen LogP contribution in [-0.4, -0.2) is 48.7 Å². The Bertz CT molecular complexity index is 886. The summed E-state index contributed by atoms with van der Waals surface area (Å²) in [5.74, 6) is -0.0850. The number of fused-ring (bicyclic) bond motifs is 1. The molecule has 0 unspecified atom stereocenters. The van der Waals surface area contributed by atoms with Gasteiger partial charge >= 0.3 is 0 Å². The van der Waals surface area contributed by atoms with E-state index in [1.165, 1.54) is 12.1 Å². The lowest BCUT2D eigenvalue weighted by Gasteiger charge is -2.31. The quantitative estimate of drug-likeness (QED) is 0.789. The van der Waals surface area contributed by atoms with E-state index in [-0.39, 0.29) is 5.91 Å². The summed E-state index contributed by atoms with van der Waals surface area (Å²) in [6.45, 7) is 5.03. The number of amides is 1. The zero-order valence-corrected chi connectivity index (χ0v) is 15.8. The Kier molecular flexibility index (Phi) is 4.97. The van der Waals surface area contributed by atoms with E-state index >= 15 is 0 Å². The fourth-order valence-electron chi connectivity index (χ4n) is 3.55. The van der Waals surface area contributed by atoms with Crippen LogP contribution in [0.5, 0.6) is 0 Å². The molecule has 1 aromatic carbocycles. The van der Waals surface area contributed by atoms with Crippen molar-refractivity contribution in [2.75, 3.05) is 42.6 Å². The van der Waals surface area contributed by atoms with Crippen molar-refractivity contribution < 1.29 is 13.9 Å². The molecule has 0 saturated carbocycles. The molecule has 0 N–H and O–H groups in total. The summed E-state index contributed by atoms with van der Waals surface area (Å²) >= 11 is 6.18. The molecule has 6 nitrogen and oxygen atoms in total. The Morgan fingerprint density at radius 3 is 2.78 bits per heavy atom. The summed E-state index contributed by atoms with van der Waals surface area (Å²) in [4.78, 5) is 25.7. The molecule has 0 atom stereocenters. The van der Waals surface area contributed by atoms with E-state index < -0.39 is 5.82 Å². The van der Waals surface area contributed by atoms with Crippen molar-refractivity contribution in [3.8, 4) is 0 Å². The van der Waals surface area contributed by atoms with E-state index in [9.17, 15) is 9.18 Å². The van der Waals surface area contributed by atoms with E-state index in [1.807, 2.05) is 4.90 Å². The Hall–Kier alpha value is -2.25. The lowest BCUT2D eigenvalue weighted by molar-refractivity contribution is 0.0983. The highest BCUT2D eigenvalue weighted by atomic mass is 35.5. The predicted octanol–water partition coefficient (Wildman–Crippen LogP) is 3.01. The van der Waals surface area contributed by atoms with E-state index in [1.54, 1.807) is 18.0 Å². The van der Waals surface area contributed by atoms with Crippen LogP contribution in [0.4, 0.5) is 16.0 Å². The molecule has 1 amide bonds. The van der Waals surface area contributed by atoms with Crippen LogP contribution >= 0.6 is 11.6 Å². The van der Waals surface area contributed by atoms with Gasteiger partial charge in [0.25, 0.3) is 5.91 Å². The maximum atomic E-state index is 13.9. The van der Waals surface area contributed by atoms with Gasteiger partial charge in [-0.15, -0.1) is 0 Å². The monoisotopic (exact) mass is 390 g/mol. The second-order valence-corrected chi connectivity index (χ2v) is 7.12. The SMILES string of the molecule is Cc1nc(N2CCOCC2)ncc1C(=O)N1CCCc2c(Cl)cc(F)cc21.